The van der Waals surface area contributed by atoms with Crippen LogP contribution in [0.2, 0.25) is 0 Å². The van der Waals surface area contributed by atoms with Gasteiger partial charge in [-0.25, -0.2) is 0 Å². The largest absolute Gasteiger partial charge is 0.372 e. The quantitative estimate of drug-likeness (QED) is 0.914. The van der Waals surface area contributed by atoms with Gasteiger partial charge in [0.05, 0.1) is 0 Å². The lowest BCUT2D eigenvalue weighted by molar-refractivity contribution is -0.120. The van der Waals surface area contributed by atoms with Crippen molar-refractivity contribution in [2.75, 3.05) is 30.0 Å². The molecule has 0 radical (unpaired) electrons. The number of aryl methyl sites for hydroxylation is 1. The third-order valence-electron chi connectivity index (χ3n) is 3.30. The summed E-state index contributed by atoms with van der Waals surface area (Å²) < 4.78 is 5.06. The lowest BCUT2D eigenvalue weighted by Gasteiger charge is -2.28. The predicted octanol–water partition coefficient (Wildman–Crippen LogP) is 1.96. The van der Waals surface area contributed by atoms with Gasteiger partial charge in [-0.1, -0.05) is 0 Å². The van der Waals surface area contributed by atoms with Gasteiger partial charge >= 0.3 is 0 Å². The van der Waals surface area contributed by atoms with Crippen molar-refractivity contribution in [2.45, 2.75) is 26.7 Å². The first-order chi connectivity index (χ1) is 9.61. The van der Waals surface area contributed by atoms with E-state index >= 15 is 0 Å². The smallest absolute Gasteiger partial charge is 0.250 e. The molecule has 5 nitrogen and oxygen atoms in total. The number of rotatable bonds is 4. The molecule has 5 heteroatoms. The molecule has 0 bridgehead atoms. The molecule has 1 N–H and O–H groups in total. The number of nitrogens with zero attached hydrogens (tertiary/aromatic N) is 1. The Morgan fingerprint density at radius 2 is 2.20 bits per heavy atom. The van der Waals surface area contributed by atoms with Gasteiger partial charge < -0.3 is 15.0 Å². The van der Waals surface area contributed by atoms with Crippen LogP contribution >= 0.6 is 0 Å². The minimum Gasteiger partial charge on any atom is -0.372 e. The Labute approximate surface area is 118 Å². The van der Waals surface area contributed by atoms with E-state index in [2.05, 4.69) is 5.32 Å². The van der Waals surface area contributed by atoms with Gasteiger partial charge in [-0.2, -0.15) is 0 Å². The maximum absolute atomic E-state index is 11.6. The molecule has 20 heavy (non-hydrogen) atoms. The zero-order chi connectivity index (χ0) is 14.5. The zero-order valence-electron chi connectivity index (χ0n) is 11.9. The molecule has 0 aliphatic carbocycles. The number of benzene rings is 1. The van der Waals surface area contributed by atoms with E-state index in [-0.39, 0.29) is 18.4 Å². The molecule has 1 aromatic carbocycles. The van der Waals surface area contributed by atoms with Crippen molar-refractivity contribution in [3.63, 3.8) is 0 Å². The van der Waals surface area contributed by atoms with Crippen LogP contribution in [0.25, 0.3) is 0 Å². The minimum atomic E-state index is -0.161. The van der Waals surface area contributed by atoms with Gasteiger partial charge in [0.25, 0.3) is 0 Å². The van der Waals surface area contributed by atoms with E-state index in [1.807, 2.05) is 25.1 Å². The van der Waals surface area contributed by atoms with E-state index in [1.165, 1.54) is 0 Å². The van der Waals surface area contributed by atoms with Crippen LogP contribution in [0.3, 0.4) is 0 Å². The summed E-state index contributed by atoms with van der Waals surface area (Å²) in [6, 6.07) is 5.66. The van der Waals surface area contributed by atoms with Gasteiger partial charge in [0, 0.05) is 31.5 Å². The number of anilines is 2. The molecule has 108 valence electrons. The molecule has 0 aromatic heterocycles. The fraction of sp³-hybridized carbons (Fsp3) is 0.467. The van der Waals surface area contributed by atoms with Gasteiger partial charge in [0.15, 0.2) is 0 Å². The predicted molar refractivity (Wildman–Crippen MR) is 77.9 cm³/mol. The molecule has 0 atom stereocenters. The highest BCUT2D eigenvalue weighted by Crippen LogP contribution is 2.29. The zero-order valence-corrected chi connectivity index (χ0v) is 11.9. The molecule has 0 saturated heterocycles. The Balaban J connectivity index is 2.11. The number of hydrogen-bond acceptors (Lipinski definition) is 3. The first-order valence-electron chi connectivity index (χ1n) is 6.90. The Bertz CT molecular complexity index is 514. The van der Waals surface area contributed by atoms with E-state index in [9.17, 15) is 9.59 Å². The summed E-state index contributed by atoms with van der Waals surface area (Å²) in [5.41, 5.74) is 2.80. The van der Waals surface area contributed by atoms with Crippen molar-refractivity contribution in [2.24, 2.45) is 0 Å². The number of nitrogens with one attached hydrogen (secondary N) is 1. The van der Waals surface area contributed by atoms with Gasteiger partial charge in [-0.05, 0) is 43.5 Å². The molecule has 2 amide bonds. The number of carbonyl (C=O) groups excluding carboxylic acids is 2. The summed E-state index contributed by atoms with van der Waals surface area (Å²) in [6.45, 7) is 4.77. The highest BCUT2D eigenvalue weighted by molar-refractivity contribution is 5.95. The van der Waals surface area contributed by atoms with Crippen LogP contribution in [0.1, 0.15) is 25.8 Å². The van der Waals surface area contributed by atoms with Crippen molar-refractivity contribution in [3.05, 3.63) is 23.8 Å². The average Bonchev–Trinajstić information content (AvgIpc) is 2.44. The van der Waals surface area contributed by atoms with E-state index in [0.717, 1.165) is 36.3 Å². The van der Waals surface area contributed by atoms with Crippen molar-refractivity contribution < 1.29 is 14.3 Å². The van der Waals surface area contributed by atoms with Gasteiger partial charge in [0.2, 0.25) is 11.8 Å². The molecule has 0 fully saturated rings. The summed E-state index contributed by atoms with van der Waals surface area (Å²) in [5, 5.41) is 2.80. The molecule has 1 heterocycles. The second kappa shape index (κ2) is 6.52. The minimum absolute atomic E-state index is 0.0547. The van der Waals surface area contributed by atoms with E-state index in [0.29, 0.717) is 6.61 Å². The fourth-order valence-electron chi connectivity index (χ4n) is 2.39. The maximum Gasteiger partial charge on any atom is 0.250 e. The summed E-state index contributed by atoms with van der Waals surface area (Å²) in [5.74, 6) is -0.106. The van der Waals surface area contributed by atoms with Crippen LogP contribution in [0.5, 0.6) is 0 Å². The molecule has 1 aromatic rings. The van der Waals surface area contributed by atoms with E-state index < -0.39 is 0 Å². The van der Waals surface area contributed by atoms with Crippen molar-refractivity contribution in [3.8, 4) is 0 Å². The fourth-order valence-corrected chi connectivity index (χ4v) is 2.39. The van der Waals surface area contributed by atoms with Crippen LogP contribution in [0, 0.1) is 0 Å². The Hall–Kier alpha value is -1.88. The third-order valence-corrected chi connectivity index (χ3v) is 3.30. The standard InChI is InChI=1S/C15H20N2O3/c1-3-20-10-15(19)16-13-6-7-14-12(9-13)5-4-8-17(14)11(2)18/h6-7,9H,3-5,8,10H2,1-2H3,(H,16,19). The molecular formula is C15H20N2O3. The topological polar surface area (TPSA) is 58.6 Å². The van der Waals surface area contributed by atoms with Crippen LogP contribution in [0.4, 0.5) is 11.4 Å². The molecule has 0 unspecified atom stereocenters. The summed E-state index contributed by atoms with van der Waals surface area (Å²) >= 11 is 0. The number of hydrogen-bond donors (Lipinski definition) is 1. The van der Waals surface area contributed by atoms with Crippen LogP contribution < -0.4 is 10.2 Å². The van der Waals surface area contributed by atoms with Crippen LogP contribution in [-0.4, -0.2) is 31.6 Å². The number of ether oxygens (including phenoxy) is 1. The lowest BCUT2D eigenvalue weighted by Crippen LogP contribution is -2.33. The van der Waals surface area contributed by atoms with Gasteiger partial charge in [-0.15, -0.1) is 0 Å². The number of carbonyl (C=O) groups is 2. The van der Waals surface area contributed by atoms with Crippen molar-refractivity contribution in [1.82, 2.24) is 0 Å². The summed E-state index contributed by atoms with van der Waals surface area (Å²) in [7, 11) is 0. The monoisotopic (exact) mass is 276 g/mol. The SMILES string of the molecule is CCOCC(=O)Nc1ccc2c(c1)CCCN2C(C)=O. The van der Waals surface area contributed by atoms with E-state index in [1.54, 1.807) is 11.8 Å². The van der Waals surface area contributed by atoms with Crippen molar-refractivity contribution in [1.29, 1.82) is 0 Å². The molecule has 0 saturated carbocycles. The molecule has 0 spiro atoms. The van der Waals surface area contributed by atoms with Crippen LogP contribution in [0.15, 0.2) is 18.2 Å². The highest BCUT2D eigenvalue weighted by atomic mass is 16.5. The Morgan fingerprint density at radius 3 is 2.90 bits per heavy atom. The first kappa shape index (κ1) is 14.5. The molecule has 1 aliphatic heterocycles. The molecular weight excluding hydrogens is 256 g/mol. The highest BCUT2D eigenvalue weighted by Gasteiger charge is 2.20. The first-order valence-corrected chi connectivity index (χ1v) is 6.90. The number of fused-ring (bicyclic) bond motifs is 1. The van der Waals surface area contributed by atoms with Gasteiger partial charge in [-0.3, -0.25) is 9.59 Å². The maximum atomic E-state index is 11.6. The molecule has 2 rings (SSSR count). The summed E-state index contributed by atoms with van der Waals surface area (Å²) in [6.07, 6.45) is 1.87. The van der Waals surface area contributed by atoms with Gasteiger partial charge in [0.1, 0.15) is 6.61 Å². The Kier molecular flexibility index (Phi) is 4.74. The second-order valence-electron chi connectivity index (χ2n) is 4.80. The van der Waals surface area contributed by atoms with E-state index in [4.69, 9.17) is 4.74 Å². The third kappa shape index (κ3) is 3.36. The summed E-state index contributed by atoms with van der Waals surface area (Å²) in [4.78, 5) is 25.0. The Morgan fingerprint density at radius 1 is 1.40 bits per heavy atom. The number of amides is 2. The molecule has 1 aliphatic rings. The second-order valence-corrected chi connectivity index (χ2v) is 4.80. The van der Waals surface area contributed by atoms with Crippen LogP contribution in [-0.2, 0) is 20.7 Å². The normalized spacial score (nSPS) is 13.8. The average molecular weight is 276 g/mol. The lowest BCUT2D eigenvalue weighted by atomic mass is 10.0. The van der Waals surface area contributed by atoms with Crippen molar-refractivity contribution >= 4 is 23.2 Å².